The Morgan fingerprint density at radius 3 is 2.16 bits per heavy atom. The lowest BCUT2D eigenvalue weighted by Crippen LogP contribution is -1.82. The molecule has 0 fully saturated rings. The van der Waals surface area contributed by atoms with Crippen molar-refractivity contribution in [2.45, 2.75) is 0 Å². The molecule has 3 nitrogen and oxygen atoms in total. The van der Waals surface area contributed by atoms with Gasteiger partial charge in [0.05, 0.1) is 14.2 Å². The quantitative estimate of drug-likeness (QED) is 0.769. The molecular weight excluding hydrogens is 238 g/mol. The second-order valence-electron chi connectivity index (χ2n) is 4.36. The number of aromatic amines is 1. The normalized spacial score (nSPS) is 10.6. The molecule has 0 spiro atoms. The molecule has 1 heterocycles. The van der Waals surface area contributed by atoms with E-state index in [1.807, 2.05) is 36.4 Å². The number of hydrogen-bond acceptors (Lipinski definition) is 2. The Kier molecular flexibility index (Phi) is 2.88. The Morgan fingerprint density at radius 2 is 1.47 bits per heavy atom. The fourth-order valence-corrected chi connectivity index (χ4v) is 2.16. The smallest absolute Gasteiger partial charge is 0.120 e. The molecule has 0 amide bonds. The number of methoxy groups -OCH3 is 2. The molecule has 0 aliphatic rings. The highest BCUT2D eigenvalue weighted by Crippen LogP contribution is 2.27. The molecule has 1 aromatic heterocycles. The van der Waals surface area contributed by atoms with E-state index in [4.69, 9.17) is 9.47 Å². The van der Waals surface area contributed by atoms with Gasteiger partial charge in [-0.3, -0.25) is 0 Å². The minimum atomic E-state index is 0.857. The predicted octanol–water partition coefficient (Wildman–Crippen LogP) is 3.85. The van der Waals surface area contributed by atoms with E-state index in [-0.39, 0.29) is 0 Å². The van der Waals surface area contributed by atoms with Crippen LogP contribution in [0.2, 0.25) is 0 Å². The SMILES string of the molecule is COc1ccc(-c2cc3ccc(OC)cc3[nH]2)cc1. The van der Waals surface area contributed by atoms with Crippen molar-refractivity contribution in [1.29, 1.82) is 0 Å². The van der Waals surface area contributed by atoms with Crippen LogP contribution in [0.15, 0.2) is 48.5 Å². The zero-order valence-electron chi connectivity index (χ0n) is 10.9. The van der Waals surface area contributed by atoms with Gasteiger partial charge in [0.2, 0.25) is 0 Å². The largest absolute Gasteiger partial charge is 0.497 e. The van der Waals surface area contributed by atoms with Crippen molar-refractivity contribution < 1.29 is 9.47 Å². The Hall–Kier alpha value is -2.42. The molecule has 2 aromatic carbocycles. The first-order valence-electron chi connectivity index (χ1n) is 6.11. The molecule has 3 heteroatoms. The highest BCUT2D eigenvalue weighted by atomic mass is 16.5. The van der Waals surface area contributed by atoms with Crippen LogP contribution >= 0.6 is 0 Å². The number of nitrogens with one attached hydrogen (secondary N) is 1. The summed E-state index contributed by atoms with van der Waals surface area (Å²) in [7, 11) is 3.35. The minimum Gasteiger partial charge on any atom is -0.497 e. The number of ether oxygens (including phenoxy) is 2. The van der Waals surface area contributed by atoms with Gasteiger partial charge in [-0.05, 0) is 48.0 Å². The van der Waals surface area contributed by atoms with Gasteiger partial charge < -0.3 is 14.5 Å². The molecule has 3 rings (SSSR count). The van der Waals surface area contributed by atoms with E-state index in [0.717, 1.165) is 28.3 Å². The van der Waals surface area contributed by atoms with Crippen LogP contribution in [0.1, 0.15) is 0 Å². The number of hydrogen-bond donors (Lipinski definition) is 1. The summed E-state index contributed by atoms with van der Waals surface area (Å²) in [6.45, 7) is 0. The average Bonchev–Trinajstić information content (AvgIpc) is 2.90. The van der Waals surface area contributed by atoms with Gasteiger partial charge in [-0.2, -0.15) is 0 Å². The van der Waals surface area contributed by atoms with Gasteiger partial charge in [-0.25, -0.2) is 0 Å². The first-order chi connectivity index (χ1) is 9.30. The zero-order valence-corrected chi connectivity index (χ0v) is 10.9. The molecule has 19 heavy (non-hydrogen) atoms. The molecule has 0 saturated heterocycles. The molecule has 0 aliphatic heterocycles. The van der Waals surface area contributed by atoms with Crippen molar-refractivity contribution >= 4 is 10.9 Å². The van der Waals surface area contributed by atoms with Crippen molar-refractivity contribution in [3.05, 3.63) is 48.5 Å². The van der Waals surface area contributed by atoms with Crippen LogP contribution in [0.5, 0.6) is 11.5 Å². The van der Waals surface area contributed by atoms with Gasteiger partial charge in [0.15, 0.2) is 0 Å². The summed E-state index contributed by atoms with van der Waals surface area (Å²) < 4.78 is 10.4. The zero-order chi connectivity index (χ0) is 13.2. The molecule has 96 valence electrons. The highest BCUT2D eigenvalue weighted by molar-refractivity contribution is 5.86. The number of rotatable bonds is 3. The number of fused-ring (bicyclic) bond motifs is 1. The van der Waals surface area contributed by atoms with E-state index < -0.39 is 0 Å². The van der Waals surface area contributed by atoms with Crippen LogP contribution in [0, 0.1) is 0 Å². The number of H-pyrrole nitrogens is 1. The van der Waals surface area contributed by atoms with Crippen molar-refractivity contribution in [3.63, 3.8) is 0 Å². The summed E-state index contributed by atoms with van der Waals surface area (Å²) in [5, 5.41) is 1.17. The predicted molar refractivity (Wildman–Crippen MR) is 76.8 cm³/mol. The van der Waals surface area contributed by atoms with Crippen LogP contribution in [0.4, 0.5) is 0 Å². The van der Waals surface area contributed by atoms with Gasteiger partial charge in [-0.1, -0.05) is 0 Å². The maximum Gasteiger partial charge on any atom is 0.120 e. The van der Waals surface area contributed by atoms with Crippen LogP contribution in [0.3, 0.4) is 0 Å². The van der Waals surface area contributed by atoms with E-state index in [2.05, 4.69) is 17.1 Å². The number of aromatic nitrogens is 1. The Morgan fingerprint density at radius 1 is 0.789 bits per heavy atom. The summed E-state index contributed by atoms with van der Waals surface area (Å²) in [4.78, 5) is 3.40. The summed E-state index contributed by atoms with van der Waals surface area (Å²) in [5.41, 5.74) is 3.30. The average molecular weight is 253 g/mol. The summed E-state index contributed by atoms with van der Waals surface area (Å²) in [6.07, 6.45) is 0. The molecule has 3 aromatic rings. The van der Waals surface area contributed by atoms with Gasteiger partial charge >= 0.3 is 0 Å². The van der Waals surface area contributed by atoms with Crippen molar-refractivity contribution in [1.82, 2.24) is 4.98 Å². The Balaban J connectivity index is 2.04. The Labute approximate surface area is 111 Å². The van der Waals surface area contributed by atoms with Crippen LogP contribution < -0.4 is 9.47 Å². The minimum absolute atomic E-state index is 0.857. The second kappa shape index (κ2) is 4.69. The molecule has 1 N–H and O–H groups in total. The first kappa shape index (κ1) is 11.7. The fourth-order valence-electron chi connectivity index (χ4n) is 2.16. The van der Waals surface area contributed by atoms with Crippen molar-refractivity contribution in [3.8, 4) is 22.8 Å². The molecule has 0 saturated carbocycles. The van der Waals surface area contributed by atoms with Crippen molar-refractivity contribution in [2.24, 2.45) is 0 Å². The second-order valence-corrected chi connectivity index (χ2v) is 4.36. The van der Waals surface area contributed by atoms with Crippen LogP contribution in [-0.2, 0) is 0 Å². The third-order valence-electron chi connectivity index (χ3n) is 3.23. The van der Waals surface area contributed by atoms with E-state index in [1.54, 1.807) is 14.2 Å². The Bertz CT molecular complexity index is 698. The van der Waals surface area contributed by atoms with E-state index in [0.29, 0.717) is 0 Å². The van der Waals surface area contributed by atoms with Gasteiger partial charge in [-0.15, -0.1) is 0 Å². The van der Waals surface area contributed by atoms with Crippen LogP contribution in [0.25, 0.3) is 22.2 Å². The lowest BCUT2D eigenvalue weighted by atomic mass is 10.1. The maximum absolute atomic E-state index is 5.23. The third kappa shape index (κ3) is 2.15. The molecule has 0 atom stereocenters. The standard InChI is InChI=1S/C16H15NO2/c1-18-13-6-3-11(4-7-13)15-9-12-5-8-14(19-2)10-16(12)17-15/h3-10,17H,1-2H3. The van der Waals surface area contributed by atoms with Crippen molar-refractivity contribution in [2.75, 3.05) is 14.2 Å². The van der Waals surface area contributed by atoms with E-state index in [9.17, 15) is 0 Å². The molecular formula is C16H15NO2. The highest BCUT2D eigenvalue weighted by Gasteiger charge is 2.04. The van der Waals surface area contributed by atoms with Crippen LogP contribution in [-0.4, -0.2) is 19.2 Å². The fraction of sp³-hybridized carbons (Fsp3) is 0.125. The molecule has 0 unspecified atom stereocenters. The first-order valence-corrected chi connectivity index (χ1v) is 6.11. The topological polar surface area (TPSA) is 34.2 Å². The lowest BCUT2D eigenvalue weighted by Gasteiger charge is -2.01. The summed E-state index contributed by atoms with van der Waals surface area (Å²) in [5.74, 6) is 1.72. The van der Waals surface area contributed by atoms with E-state index in [1.165, 1.54) is 5.39 Å². The molecule has 0 bridgehead atoms. The molecule has 0 aliphatic carbocycles. The summed E-state index contributed by atoms with van der Waals surface area (Å²) in [6, 6.07) is 16.2. The molecule has 0 radical (unpaired) electrons. The van der Waals surface area contributed by atoms with Gasteiger partial charge in [0.25, 0.3) is 0 Å². The van der Waals surface area contributed by atoms with E-state index >= 15 is 0 Å². The number of benzene rings is 2. The third-order valence-corrected chi connectivity index (χ3v) is 3.23. The van der Waals surface area contributed by atoms with Gasteiger partial charge in [0.1, 0.15) is 11.5 Å². The lowest BCUT2D eigenvalue weighted by molar-refractivity contribution is 0.415. The monoisotopic (exact) mass is 253 g/mol. The van der Waals surface area contributed by atoms with Gasteiger partial charge in [0, 0.05) is 22.7 Å². The summed E-state index contributed by atoms with van der Waals surface area (Å²) >= 11 is 0. The maximum atomic E-state index is 5.23.